The second-order valence-electron chi connectivity index (χ2n) is 2.44. The number of hydrogen-bond acceptors (Lipinski definition) is 2. The Bertz CT molecular complexity index is 69.3. The Hall–Kier alpha value is -0.0800. The zero-order valence-corrected chi connectivity index (χ0v) is 5.93. The van der Waals surface area contributed by atoms with E-state index >= 15 is 0 Å². The van der Waals surface area contributed by atoms with Gasteiger partial charge in [0.25, 0.3) is 0 Å². The highest BCUT2D eigenvalue weighted by atomic mass is 16.6. The molecule has 1 aliphatic heterocycles. The molecule has 0 bridgehead atoms. The fourth-order valence-corrected chi connectivity index (χ4v) is 0.853. The molecule has 2 heteroatoms. The number of hydrogen-bond donors (Lipinski definition) is 0. The molecule has 1 aliphatic rings. The molecule has 9 heavy (non-hydrogen) atoms. The zero-order chi connectivity index (χ0) is 6.53. The van der Waals surface area contributed by atoms with E-state index in [2.05, 4.69) is 0 Å². The topological polar surface area (TPSA) is 21.8 Å². The van der Waals surface area contributed by atoms with Gasteiger partial charge in [0.05, 0.1) is 12.7 Å². The Morgan fingerprint density at radius 1 is 1.56 bits per heavy atom. The van der Waals surface area contributed by atoms with E-state index in [-0.39, 0.29) is 0 Å². The molecule has 1 fully saturated rings. The predicted octanol–water partition coefficient (Wildman–Crippen LogP) is 1.20. The van der Waals surface area contributed by atoms with Crippen molar-refractivity contribution in [1.29, 1.82) is 0 Å². The number of methoxy groups -OCH3 is 1. The maximum atomic E-state index is 5.05. The van der Waals surface area contributed by atoms with Gasteiger partial charge in [-0.25, -0.2) is 0 Å². The summed E-state index contributed by atoms with van der Waals surface area (Å²) >= 11 is 0. The van der Waals surface area contributed by atoms with Crippen LogP contribution in [0, 0.1) is 0 Å². The second kappa shape index (κ2) is 3.85. The van der Waals surface area contributed by atoms with Crippen LogP contribution >= 0.6 is 0 Å². The Kier molecular flexibility index (Phi) is 3.01. The highest BCUT2D eigenvalue weighted by molar-refractivity contribution is 4.67. The van der Waals surface area contributed by atoms with Gasteiger partial charge in [0, 0.05) is 13.7 Å². The van der Waals surface area contributed by atoms with Crippen molar-refractivity contribution in [2.75, 3.05) is 20.3 Å². The maximum absolute atomic E-state index is 5.05. The van der Waals surface area contributed by atoms with Gasteiger partial charge in [-0.05, 0) is 19.3 Å². The molecule has 2 nitrogen and oxygen atoms in total. The standard InChI is InChI=1S/C7H14O2/c1-8-5-3-2-4-7-6-9-7/h7H,2-6H2,1H3. The molecule has 0 spiro atoms. The van der Waals surface area contributed by atoms with Crippen LogP contribution in [0.3, 0.4) is 0 Å². The molecule has 1 rings (SSSR count). The van der Waals surface area contributed by atoms with E-state index in [1.54, 1.807) is 7.11 Å². The number of rotatable bonds is 5. The van der Waals surface area contributed by atoms with Crippen molar-refractivity contribution in [1.82, 2.24) is 0 Å². The van der Waals surface area contributed by atoms with Crippen LogP contribution in [0.2, 0.25) is 0 Å². The fraction of sp³-hybridized carbons (Fsp3) is 1.00. The first-order valence-electron chi connectivity index (χ1n) is 3.54. The first-order chi connectivity index (χ1) is 4.43. The summed E-state index contributed by atoms with van der Waals surface area (Å²) in [6.07, 6.45) is 4.25. The Morgan fingerprint density at radius 2 is 2.33 bits per heavy atom. The third kappa shape index (κ3) is 3.49. The minimum absolute atomic E-state index is 0.599. The van der Waals surface area contributed by atoms with Gasteiger partial charge in [0.1, 0.15) is 0 Å². The van der Waals surface area contributed by atoms with Gasteiger partial charge in [0.15, 0.2) is 0 Å². The smallest absolute Gasteiger partial charge is 0.0810 e. The van der Waals surface area contributed by atoms with E-state index in [4.69, 9.17) is 9.47 Å². The first-order valence-corrected chi connectivity index (χ1v) is 3.54. The molecule has 0 amide bonds. The Labute approximate surface area is 56.2 Å². The molecule has 1 saturated heterocycles. The average Bonchev–Trinajstić information content (AvgIpc) is 2.63. The maximum Gasteiger partial charge on any atom is 0.0810 e. The van der Waals surface area contributed by atoms with Gasteiger partial charge in [0.2, 0.25) is 0 Å². The molecule has 1 unspecified atom stereocenters. The normalized spacial score (nSPS) is 24.3. The molecule has 0 radical (unpaired) electrons. The first kappa shape index (κ1) is 7.03. The summed E-state index contributed by atoms with van der Waals surface area (Å²) in [5, 5.41) is 0. The van der Waals surface area contributed by atoms with E-state index in [0.717, 1.165) is 13.2 Å². The number of epoxide rings is 1. The van der Waals surface area contributed by atoms with Gasteiger partial charge in [-0.2, -0.15) is 0 Å². The largest absolute Gasteiger partial charge is 0.385 e. The summed E-state index contributed by atoms with van der Waals surface area (Å²) in [6.45, 7) is 1.89. The lowest BCUT2D eigenvalue weighted by atomic mass is 10.2. The summed E-state index contributed by atoms with van der Waals surface area (Å²) in [4.78, 5) is 0. The molecule has 0 aliphatic carbocycles. The van der Waals surface area contributed by atoms with Crippen molar-refractivity contribution in [3.8, 4) is 0 Å². The molecule has 0 aromatic carbocycles. The van der Waals surface area contributed by atoms with Crippen LogP contribution < -0.4 is 0 Å². The molecule has 0 N–H and O–H groups in total. The van der Waals surface area contributed by atoms with Crippen LogP contribution in [0.1, 0.15) is 19.3 Å². The van der Waals surface area contributed by atoms with Gasteiger partial charge in [-0.3, -0.25) is 0 Å². The van der Waals surface area contributed by atoms with E-state index in [0.29, 0.717) is 6.10 Å². The Morgan fingerprint density at radius 3 is 2.89 bits per heavy atom. The van der Waals surface area contributed by atoms with E-state index < -0.39 is 0 Å². The molecule has 1 heterocycles. The second-order valence-corrected chi connectivity index (χ2v) is 2.44. The van der Waals surface area contributed by atoms with E-state index in [1.807, 2.05) is 0 Å². The number of unbranched alkanes of at least 4 members (excludes halogenated alkanes) is 1. The van der Waals surface area contributed by atoms with Crippen LogP contribution in [-0.4, -0.2) is 26.4 Å². The van der Waals surface area contributed by atoms with Crippen LogP contribution in [0.25, 0.3) is 0 Å². The molecular weight excluding hydrogens is 116 g/mol. The number of ether oxygens (including phenoxy) is 2. The monoisotopic (exact) mass is 130 g/mol. The predicted molar refractivity (Wildman–Crippen MR) is 35.5 cm³/mol. The molecule has 1 atom stereocenters. The van der Waals surface area contributed by atoms with Crippen LogP contribution in [0.15, 0.2) is 0 Å². The SMILES string of the molecule is COCCCCC1CO1. The summed E-state index contributed by atoms with van der Waals surface area (Å²) < 4.78 is 9.95. The summed E-state index contributed by atoms with van der Waals surface area (Å²) in [7, 11) is 1.74. The molecule has 0 aromatic rings. The lowest BCUT2D eigenvalue weighted by molar-refractivity contribution is 0.191. The third-order valence-corrected chi connectivity index (χ3v) is 1.53. The van der Waals surface area contributed by atoms with Crippen LogP contribution in [0.4, 0.5) is 0 Å². The van der Waals surface area contributed by atoms with Crippen molar-refractivity contribution in [3.05, 3.63) is 0 Å². The highest BCUT2D eigenvalue weighted by Gasteiger charge is 2.20. The summed E-state index contributed by atoms with van der Waals surface area (Å²) in [5.74, 6) is 0. The van der Waals surface area contributed by atoms with Gasteiger partial charge in [-0.1, -0.05) is 0 Å². The molecular formula is C7H14O2. The fourth-order valence-electron chi connectivity index (χ4n) is 0.853. The lowest BCUT2D eigenvalue weighted by Gasteiger charge is -1.95. The molecule has 0 saturated carbocycles. The quantitative estimate of drug-likeness (QED) is 0.412. The van der Waals surface area contributed by atoms with Crippen molar-refractivity contribution in [2.45, 2.75) is 25.4 Å². The molecule has 54 valence electrons. The lowest BCUT2D eigenvalue weighted by Crippen LogP contribution is -1.90. The van der Waals surface area contributed by atoms with Gasteiger partial charge < -0.3 is 9.47 Å². The van der Waals surface area contributed by atoms with Crippen LogP contribution in [0.5, 0.6) is 0 Å². The van der Waals surface area contributed by atoms with Gasteiger partial charge >= 0.3 is 0 Å². The van der Waals surface area contributed by atoms with Crippen molar-refractivity contribution in [2.24, 2.45) is 0 Å². The Balaban J connectivity index is 1.71. The average molecular weight is 130 g/mol. The summed E-state index contributed by atoms with van der Waals surface area (Å²) in [5.41, 5.74) is 0. The highest BCUT2D eigenvalue weighted by Crippen LogP contribution is 2.15. The third-order valence-electron chi connectivity index (χ3n) is 1.53. The van der Waals surface area contributed by atoms with Crippen LogP contribution in [-0.2, 0) is 9.47 Å². The van der Waals surface area contributed by atoms with Crippen molar-refractivity contribution in [3.63, 3.8) is 0 Å². The van der Waals surface area contributed by atoms with E-state index in [1.165, 1.54) is 19.3 Å². The van der Waals surface area contributed by atoms with Crippen molar-refractivity contribution < 1.29 is 9.47 Å². The van der Waals surface area contributed by atoms with Crippen molar-refractivity contribution >= 4 is 0 Å². The minimum Gasteiger partial charge on any atom is -0.385 e. The summed E-state index contributed by atoms with van der Waals surface area (Å²) in [6, 6.07) is 0. The zero-order valence-electron chi connectivity index (χ0n) is 5.93. The van der Waals surface area contributed by atoms with Gasteiger partial charge in [-0.15, -0.1) is 0 Å². The molecule has 0 aromatic heterocycles. The minimum atomic E-state index is 0.599. The van der Waals surface area contributed by atoms with E-state index in [9.17, 15) is 0 Å².